The third kappa shape index (κ3) is 6.98. The van der Waals surface area contributed by atoms with Gasteiger partial charge in [-0.15, -0.1) is 0 Å². The Balaban J connectivity index is 1.62. The van der Waals surface area contributed by atoms with Crippen LogP contribution in [0.4, 0.5) is 10.5 Å². The Labute approximate surface area is 186 Å². The molecule has 0 aliphatic rings. The lowest BCUT2D eigenvalue weighted by atomic mass is 10.0. The fourth-order valence-electron chi connectivity index (χ4n) is 2.92. The predicted octanol–water partition coefficient (Wildman–Crippen LogP) is 4.13. The van der Waals surface area contributed by atoms with Crippen LogP contribution in [0.25, 0.3) is 0 Å². The minimum absolute atomic E-state index is 0.0252. The summed E-state index contributed by atoms with van der Waals surface area (Å²) in [6, 6.07) is 23.1. The Bertz CT molecular complexity index is 1040. The number of benzene rings is 3. The SMILES string of the molecule is Nc1ccc(C(=O)CCC(NC(=O)OCc2ccccc2)C(=O)Oc2ccccc2)cc1. The molecule has 1 unspecified atom stereocenters. The number of anilines is 1. The maximum Gasteiger partial charge on any atom is 0.408 e. The van der Waals surface area contributed by atoms with E-state index in [-0.39, 0.29) is 25.2 Å². The zero-order valence-corrected chi connectivity index (χ0v) is 17.4. The number of hydrogen-bond acceptors (Lipinski definition) is 6. The van der Waals surface area contributed by atoms with Gasteiger partial charge in [-0.3, -0.25) is 4.79 Å². The fourth-order valence-corrected chi connectivity index (χ4v) is 2.92. The number of nitrogens with one attached hydrogen (secondary N) is 1. The number of ketones is 1. The molecule has 3 aromatic carbocycles. The molecule has 0 saturated carbocycles. The van der Waals surface area contributed by atoms with Gasteiger partial charge >= 0.3 is 12.1 Å². The van der Waals surface area contributed by atoms with Crippen molar-refractivity contribution in [1.82, 2.24) is 5.32 Å². The van der Waals surface area contributed by atoms with Gasteiger partial charge in [0.05, 0.1) is 0 Å². The molecule has 0 aromatic heterocycles. The van der Waals surface area contributed by atoms with Crippen molar-refractivity contribution in [3.8, 4) is 5.75 Å². The number of ether oxygens (including phenoxy) is 2. The Morgan fingerprint density at radius 2 is 1.47 bits per heavy atom. The highest BCUT2D eigenvalue weighted by atomic mass is 16.6. The maximum absolute atomic E-state index is 12.7. The van der Waals surface area contributed by atoms with Crippen molar-refractivity contribution in [2.45, 2.75) is 25.5 Å². The topological polar surface area (TPSA) is 108 Å². The lowest BCUT2D eigenvalue weighted by molar-refractivity contribution is -0.136. The van der Waals surface area contributed by atoms with Crippen molar-refractivity contribution in [2.24, 2.45) is 0 Å². The van der Waals surface area contributed by atoms with Crippen molar-refractivity contribution in [1.29, 1.82) is 0 Å². The molecule has 1 atom stereocenters. The highest BCUT2D eigenvalue weighted by Gasteiger charge is 2.25. The highest BCUT2D eigenvalue weighted by molar-refractivity contribution is 5.96. The molecule has 1 amide bonds. The standard InChI is InChI=1S/C25H24N2O5/c26-20-13-11-19(12-14-20)23(28)16-15-22(24(29)32-21-9-5-2-6-10-21)27-25(30)31-17-18-7-3-1-4-8-18/h1-14,22H,15-17,26H2,(H,27,30). The van der Waals surface area contributed by atoms with Crippen LogP contribution in [-0.2, 0) is 16.1 Å². The van der Waals surface area contributed by atoms with E-state index in [2.05, 4.69) is 5.32 Å². The second-order valence-electron chi connectivity index (χ2n) is 7.08. The summed E-state index contributed by atoms with van der Waals surface area (Å²) in [6.45, 7) is 0.0531. The first kappa shape index (κ1) is 22.6. The van der Waals surface area contributed by atoms with E-state index < -0.39 is 18.1 Å². The summed E-state index contributed by atoms with van der Waals surface area (Å²) in [5.74, 6) is -0.522. The minimum atomic E-state index is -1.06. The molecule has 0 saturated heterocycles. The number of nitrogens with two attached hydrogens (primary N) is 1. The summed E-state index contributed by atoms with van der Waals surface area (Å²) >= 11 is 0. The second-order valence-corrected chi connectivity index (χ2v) is 7.08. The van der Waals surface area contributed by atoms with E-state index in [1.165, 1.54) is 0 Å². The number of para-hydroxylation sites is 1. The molecule has 3 N–H and O–H groups in total. The molecular formula is C25H24N2O5. The number of nitrogen functional groups attached to an aromatic ring is 1. The number of hydrogen-bond donors (Lipinski definition) is 2. The van der Waals surface area contributed by atoms with Crippen molar-refractivity contribution in [3.63, 3.8) is 0 Å². The number of alkyl carbamates (subject to hydrolysis) is 1. The second kappa shape index (κ2) is 11.3. The first-order chi connectivity index (χ1) is 15.5. The minimum Gasteiger partial charge on any atom is -0.445 e. The van der Waals surface area contributed by atoms with Crippen molar-refractivity contribution < 1.29 is 23.9 Å². The Kier molecular flexibility index (Phi) is 7.97. The molecule has 7 nitrogen and oxygen atoms in total. The maximum atomic E-state index is 12.7. The van der Waals surface area contributed by atoms with Crippen LogP contribution in [0.2, 0.25) is 0 Å². The summed E-state index contributed by atoms with van der Waals surface area (Å²) in [6.07, 6.45) is -0.698. The Morgan fingerprint density at radius 1 is 0.844 bits per heavy atom. The molecular weight excluding hydrogens is 408 g/mol. The van der Waals surface area contributed by atoms with Crippen molar-refractivity contribution in [3.05, 3.63) is 96.1 Å². The van der Waals surface area contributed by atoms with Crippen LogP contribution in [-0.4, -0.2) is 23.9 Å². The number of rotatable bonds is 9. The van der Waals surface area contributed by atoms with E-state index >= 15 is 0 Å². The van der Waals surface area contributed by atoms with E-state index in [1.54, 1.807) is 54.6 Å². The van der Waals surface area contributed by atoms with E-state index in [1.807, 2.05) is 30.3 Å². The summed E-state index contributed by atoms with van der Waals surface area (Å²) in [7, 11) is 0. The third-order valence-electron chi connectivity index (χ3n) is 4.64. The van der Waals surface area contributed by atoms with Crippen molar-refractivity contribution >= 4 is 23.5 Å². The molecule has 0 radical (unpaired) electrons. The van der Waals surface area contributed by atoms with Gasteiger partial charge < -0.3 is 20.5 Å². The predicted molar refractivity (Wildman–Crippen MR) is 120 cm³/mol. The summed E-state index contributed by atoms with van der Waals surface area (Å²) in [4.78, 5) is 37.5. The van der Waals surface area contributed by atoms with Gasteiger partial charge in [0.1, 0.15) is 18.4 Å². The zero-order chi connectivity index (χ0) is 22.8. The van der Waals surface area contributed by atoms with Crippen LogP contribution in [0.15, 0.2) is 84.9 Å². The summed E-state index contributed by atoms with van der Waals surface area (Å²) in [5.41, 5.74) is 7.49. The molecule has 3 rings (SSSR count). The molecule has 0 bridgehead atoms. The van der Waals surface area contributed by atoms with E-state index in [0.29, 0.717) is 17.0 Å². The van der Waals surface area contributed by atoms with Gasteiger partial charge in [-0.1, -0.05) is 48.5 Å². The highest BCUT2D eigenvalue weighted by Crippen LogP contribution is 2.14. The van der Waals surface area contributed by atoms with Gasteiger partial charge in [0.15, 0.2) is 5.78 Å². The molecule has 0 fully saturated rings. The largest absolute Gasteiger partial charge is 0.445 e. The van der Waals surface area contributed by atoms with E-state index in [4.69, 9.17) is 15.2 Å². The third-order valence-corrected chi connectivity index (χ3v) is 4.64. The van der Waals surface area contributed by atoms with Gasteiger partial charge in [0, 0.05) is 17.7 Å². The van der Waals surface area contributed by atoms with Crippen LogP contribution in [0, 0.1) is 0 Å². The summed E-state index contributed by atoms with van der Waals surface area (Å²) < 4.78 is 10.6. The molecule has 32 heavy (non-hydrogen) atoms. The van der Waals surface area contributed by atoms with Gasteiger partial charge in [0.25, 0.3) is 0 Å². The Hall–Kier alpha value is -4.13. The van der Waals surface area contributed by atoms with Crippen LogP contribution in [0.1, 0.15) is 28.8 Å². The molecule has 164 valence electrons. The summed E-state index contributed by atoms with van der Waals surface area (Å²) in [5, 5.41) is 2.52. The van der Waals surface area contributed by atoms with Crippen LogP contribution >= 0.6 is 0 Å². The first-order valence-corrected chi connectivity index (χ1v) is 10.1. The van der Waals surface area contributed by atoms with Gasteiger partial charge in [-0.05, 0) is 48.4 Å². The molecule has 0 spiro atoms. The smallest absolute Gasteiger partial charge is 0.408 e. The van der Waals surface area contributed by atoms with Crippen molar-refractivity contribution in [2.75, 3.05) is 5.73 Å². The van der Waals surface area contributed by atoms with Crippen LogP contribution in [0.3, 0.4) is 0 Å². The molecule has 0 aliphatic carbocycles. The monoisotopic (exact) mass is 432 g/mol. The molecule has 0 heterocycles. The number of amides is 1. The molecule has 7 heteroatoms. The van der Waals surface area contributed by atoms with Crippen LogP contribution < -0.4 is 15.8 Å². The lowest BCUT2D eigenvalue weighted by Crippen LogP contribution is -2.43. The lowest BCUT2D eigenvalue weighted by Gasteiger charge is -2.17. The van der Waals surface area contributed by atoms with Gasteiger partial charge in [-0.25, -0.2) is 9.59 Å². The van der Waals surface area contributed by atoms with Crippen LogP contribution in [0.5, 0.6) is 5.75 Å². The zero-order valence-electron chi connectivity index (χ0n) is 17.4. The average Bonchev–Trinajstić information content (AvgIpc) is 2.82. The first-order valence-electron chi connectivity index (χ1n) is 10.1. The molecule has 3 aromatic rings. The van der Waals surface area contributed by atoms with Gasteiger partial charge in [0.2, 0.25) is 0 Å². The van der Waals surface area contributed by atoms with E-state index in [0.717, 1.165) is 5.56 Å². The fraction of sp³-hybridized carbons (Fsp3) is 0.160. The van der Waals surface area contributed by atoms with E-state index in [9.17, 15) is 14.4 Å². The number of Topliss-reactive ketones (excluding diaryl/α,β-unsaturated/α-hetero) is 1. The average molecular weight is 432 g/mol. The number of carbonyl (C=O) groups is 3. The van der Waals surface area contributed by atoms with Gasteiger partial charge in [-0.2, -0.15) is 0 Å². The number of esters is 1. The molecule has 0 aliphatic heterocycles. The Morgan fingerprint density at radius 3 is 2.12 bits per heavy atom. The normalized spacial score (nSPS) is 11.2. The quantitative estimate of drug-likeness (QED) is 0.228. The number of carbonyl (C=O) groups excluding carboxylic acids is 3.